The molecule has 0 aliphatic rings. The van der Waals surface area contributed by atoms with Crippen LogP contribution < -0.4 is 5.56 Å². The molecule has 2 heterocycles. The van der Waals surface area contributed by atoms with E-state index in [0.717, 1.165) is 17.8 Å². The van der Waals surface area contributed by atoms with Crippen molar-refractivity contribution >= 4 is 39.7 Å². The van der Waals surface area contributed by atoms with E-state index in [2.05, 4.69) is 9.55 Å². The zero-order valence-electron chi connectivity index (χ0n) is 16.8. The number of hydrogen-bond acceptors (Lipinski definition) is 5. The average Bonchev–Trinajstić information content (AvgIpc) is 3.11. The molecule has 0 atom stereocenters. The van der Waals surface area contributed by atoms with Crippen LogP contribution in [0.5, 0.6) is 0 Å². The number of aryl methyl sites for hydroxylation is 1. The van der Waals surface area contributed by atoms with Gasteiger partial charge in [-0.25, -0.2) is 14.8 Å². The van der Waals surface area contributed by atoms with E-state index in [1.807, 2.05) is 38.1 Å². The second-order valence-electron chi connectivity index (χ2n) is 6.94. The molecule has 0 unspecified atom stereocenters. The van der Waals surface area contributed by atoms with Gasteiger partial charge in [-0.05, 0) is 43.7 Å². The monoisotopic (exact) mass is 422 g/mol. The standard InChI is InChI=1S/C22H22N4O3S/c1-3-11-26-20(27)15-7-5-6-8-16(15)24-22(26)30-13-19-23-17-12-14(21(28)29)9-10-18(17)25(19)4-2/h5-10,12H,3-4,11,13H2,1-2H3,(H,28,29). The van der Waals surface area contributed by atoms with Gasteiger partial charge in [0.25, 0.3) is 5.56 Å². The van der Waals surface area contributed by atoms with Crippen molar-refractivity contribution in [3.8, 4) is 0 Å². The number of aromatic nitrogens is 4. The summed E-state index contributed by atoms with van der Waals surface area (Å²) >= 11 is 1.48. The third-order valence-electron chi connectivity index (χ3n) is 4.99. The fourth-order valence-electron chi connectivity index (χ4n) is 3.58. The van der Waals surface area contributed by atoms with Crippen molar-refractivity contribution in [2.45, 2.75) is 44.3 Å². The van der Waals surface area contributed by atoms with Gasteiger partial charge in [-0.15, -0.1) is 0 Å². The lowest BCUT2D eigenvalue weighted by atomic mass is 10.2. The van der Waals surface area contributed by atoms with E-state index in [-0.39, 0.29) is 11.1 Å². The number of hydrogen-bond donors (Lipinski definition) is 1. The minimum absolute atomic E-state index is 0.0277. The van der Waals surface area contributed by atoms with Crippen molar-refractivity contribution in [1.29, 1.82) is 0 Å². The van der Waals surface area contributed by atoms with Crippen LogP contribution in [0.1, 0.15) is 36.5 Å². The topological polar surface area (TPSA) is 90.0 Å². The van der Waals surface area contributed by atoms with Crippen LogP contribution in [0, 0.1) is 0 Å². The first-order valence-corrected chi connectivity index (χ1v) is 10.9. The van der Waals surface area contributed by atoms with E-state index in [4.69, 9.17) is 4.98 Å². The number of fused-ring (bicyclic) bond motifs is 2. The van der Waals surface area contributed by atoms with Gasteiger partial charge >= 0.3 is 5.97 Å². The lowest BCUT2D eigenvalue weighted by Gasteiger charge is -2.12. The molecule has 0 fully saturated rings. The van der Waals surface area contributed by atoms with Gasteiger partial charge in [-0.3, -0.25) is 9.36 Å². The number of para-hydroxylation sites is 1. The minimum Gasteiger partial charge on any atom is -0.478 e. The zero-order valence-corrected chi connectivity index (χ0v) is 17.6. The maximum atomic E-state index is 12.9. The molecule has 7 nitrogen and oxygen atoms in total. The Kier molecular flexibility index (Phi) is 5.59. The third kappa shape index (κ3) is 3.59. The summed E-state index contributed by atoms with van der Waals surface area (Å²) in [7, 11) is 0. The molecule has 0 saturated carbocycles. The molecule has 154 valence electrons. The average molecular weight is 423 g/mol. The summed E-state index contributed by atoms with van der Waals surface area (Å²) in [5, 5.41) is 10.5. The Balaban J connectivity index is 1.73. The van der Waals surface area contributed by atoms with Gasteiger partial charge in [-0.2, -0.15) is 0 Å². The van der Waals surface area contributed by atoms with Crippen LogP contribution in [0.4, 0.5) is 0 Å². The molecule has 2 aromatic carbocycles. The first-order chi connectivity index (χ1) is 14.5. The lowest BCUT2D eigenvalue weighted by molar-refractivity contribution is 0.0697. The van der Waals surface area contributed by atoms with Gasteiger partial charge in [0.1, 0.15) is 5.82 Å². The van der Waals surface area contributed by atoms with Crippen LogP contribution in [0.25, 0.3) is 21.9 Å². The Labute approximate surface area is 177 Å². The summed E-state index contributed by atoms with van der Waals surface area (Å²) in [6.45, 7) is 5.38. The minimum atomic E-state index is -0.970. The number of imidazole rings is 1. The van der Waals surface area contributed by atoms with Crippen molar-refractivity contribution in [2.75, 3.05) is 0 Å². The molecule has 0 radical (unpaired) electrons. The van der Waals surface area contributed by atoms with E-state index in [0.29, 0.717) is 40.4 Å². The Morgan fingerprint density at radius 1 is 1.07 bits per heavy atom. The van der Waals surface area contributed by atoms with Crippen molar-refractivity contribution in [3.63, 3.8) is 0 Å². The van der Waals surface area contributed by atoms with Crippen molar-refractivity contribution in [2.24, 2.45) is 0 Å². The second kappa shape index (κ2) is 8.31. The smallest absolute Gasteiger partial charge is 0.335 e. The molecule has 0 spiro atoms. The number of aromatic carboxylic acids is 1. The maximum absolute atomic E-state index is 12.9. The fourth-order valence-corrected chi connectivity index (χ4v) is 4.56. The lowest BCUT2D eigenvalue weighted by Crippen LogP contribution is -2.23. The summed E-state index contributed by atoms with van der Waals surface area (Å²) in [4.78, 5) is 33.6. The summed E-state index contributed by atoms with van der Waals surface area (Å²) in [6.07, 6.45) is 0.832. The summed E-state index contributed by atoms with van der Waals surface area (Å²) in [6, 6.07) is 12.4. The van der Waals surface area contributed by atoms with Gasteiger partial charge < -0.3 is 9.67 Å². The molecule has 8 heteroatoms. The van der Waals surface area contributed by atoms with Crippen LogP contribution in [0.3, 0.4) is 0 Å². The Morgan fingerprint density at radius 3 is 2.60 bits per heavy atom. The van der Waals surface area contributed by atoms with Crippen LogP contribution in [-0.2, 0) is 18.8 Å². The highest BCUT2D eigenvalue weighted by molar-refractivity contribution is 7.98. The molecule has 0 aliphatic carbocycles. The number of carboxylic acid groups (broad SMARTS) is 1. The summed E-state index contributed by atoms with van der Waals surface area (Å²) in [5.41, 5.74) is 2.43. The Morgan fingerprint density at radius 2 is 1.87 bits per heavy atom. The van der Waals surface area contributed by atoms with Crippen molar-refractivity contribution in [1.82, 2.24) is 19.1 Å². The number of rotatable bonds is 7. The maximum Gasteiger partial charge on any atom is 0.335 e. The van der Waals surface area contributed by atoms with Crippen molar-refractivity contribution < 1.29 is 9.90 Å². The van der Waals surface area contributed by atoms with Crippen LogP contribution in [0.15, 0.2) is 52.4 Å². The number of thioether (sulfide) groups is 1. The highest BCUT2D eigenvalue weighted by Crippen LogP contribution is 2.25. The number of nitrogens with zero attached hydrogens (tertiary/aromatic N) is 4. The molecular weight excluding hydrogens is 400 g/mol. The van der Waals surface area contributed by atoms with Gasteiger partial charge in [0.05, 0.1) is 33.3 Å². The van der Waals surface area contributed by atoms with E-state index in [1.165, 1.54) is 11.8 Å². The number of carbonyl (C=O) groups is 1. The number of benzene rings is 2. The van der Waals surface area contributed by atoms with Gasteiger partial charge in [0, 0.05) is 13.1 Å². The zero-order chi connectivity index (χ0) is 21.3. The predicted octanol–water partition coefficient (Wildman–Crippen LogP) is 4.17. The van der Waals surface area contributed by atoms with Crippen LogP contribution >= 0.6 is 11.8 Å². The second-order valence-corrected chi connectivity index (χ2v) is 7.88. The largest absolute Gasteiger partial charge is 0.478 e. The molecule has 0 amide bonds. The van der Waals surface area contributed by atoms with Gasteiger partial charge in [-0.1, -0.05) is 30.8 Å². The van der Waals surface area contributed by atoms with Crippen LogP contribution in [-0.4, -0.2) is 30.2 Å². The quantitative estimate of drug-likeness (QED) is 0.355. The highest BCUT2D eigenvalue weighted by atomic mass is 32.2. The first kappa shape index (κ1) is 20.2. The van der Waals surface area contributed by atoms with Crippen LogP contribution in [0.2, 0.25) is 0 Å². The first-order valence-electron chi connectivity index (χ1n) is 9.88. The molecule has 0 aliphatic heterocycles. The molecule has 0 bridgehead atoms. The molecule has 0 saturated heterocycles. The SMILES string of the molecule is CCCn1c(SCc2nc3cc(C(=O)O)ccc3n2CC)nc2ccccc2c1=O. The number of carboxylic acids is 1. The molecule has 2 aromatic heterocycles. The molecule has 30 heavy (non-hydrogen) atoms. The summed E-state index contributed by atoms with van der Waals surface area (Å²) in [5.74, 6) is 0.382. The van der Waals surface area contributed by atoms with E-state index in [9.17, 15) is 14.7 Å². The normalized spacial score (nSPS) is 11.4. The van der Waals surface area contributed by atoms with Gasteiger partial charge in [0.2, 0.25) is 0 Å². The third-order valence-corrected chi connectivity index (χ3v) is 5.97. The molecule has 4 aromatic rings. The van der Waals surface area contributed by atoms with E-state index in [1.54, 1.807) is 22.8 Å². The highest BCUT2D eigenvalue weighted by Gasteiger charge is 2.15. The Hall–Kier alpha value is -3.13. The van der Waals surface area contributed by atoms with E-state index >= 15 is 0 Å². The fraction of sp³-hybridized carbons (Fsp3) is 0.273. The molecule has 4 rings (SSSR count). The van der Waals surface area contributed by atoms with E-state index < -0.39 is 5.97 Å². The molecular formula is C22H22N4O3S. The predicted molar refractivity (Wildman–Crippen MR) is 118 cm³/mol. The summed E-state index contributed by atoms with van der Waals surface area (Å²) < 4.78 is 3.80. The van der Waals surface area contributed by atoms with Crippen molar-refractivity contribution in [3.05, 3.63) is 64.2 Å². The van der Waals surface area contributed by atoms with Gasteiger partial charge in [0.15, 0.2) is 5.16 Å². The Bertz CT molecular complexity index is 1310. The molecule has 1 N–H and O–H groups in total.